The molecule has 1 aromatic heterocycles. The van der Waals surface area contributed by atoms with Gasteiger partial charge in [0.2, 0.25) is 11.9 Å². The average molecular weight is 257 g/mol. The summed E-state index contributed by atoms with van der Waals surface area (Å²) in [7, 11) is 0. The first kappa shape index (κ1) is 11.2. The van der Waals surface area contributed by atoms with Crippen LogP contribution in [0.4, 0.5) is 5.95 Å². The van der Waals surface area contributed by atoms with Gasteiger partial charge in [-0.1, -0.05) is 30.3 Å². The Morgan fingerprint density at radius 3 is 2.56 bits per heavy atom. The third-order valence-electron chi connectivity index (χ3n) is 2.72. The quantitative estimate of drug-likeness (QED) is 0.828. The van der Waals surface area contributed by atoms with Gasteiger partial charge in [-0.05, 0) is 11.6 Å². The zero-order chi connectivity index (χ0) is 12.4. The Hall–Kier alpha value is -1.88. The van der Waals surface area contributed by atoms with E-state index in [0.717, 1.165) is 5.56 Å². The number of hydrogen-bond acceptors (Lipinski definition) is 4. The molecule has 90 valence electrons. The van der Waals surface area contributed by atoms with Crippen molar-refractivity contribution in [2.24, 2.45) is 0 Å². The van der Waals surface area contributed by atoms with E-state index in [1.165, 1.54) is 0 Å². The molecule has 0 radical (unpaired) electrons. The summed E-state index contributed by atoms with van der Waals surface area (Å²) in [5.74, 6) is 0.999. The molecule has 1 fully saturated rings. The first-order chi connectivity index (χ1) is 8.86. The van der Waals surface area contributed by atoms with Gasteiger partial charge >= 0.3 is 0 Å². The van der Waals surface area contributed by atoms with Crippen LogP contribution in [0, 0.1) is 0 Å². The zero-order valence-corrected chi connectivity index (χ0v) is 10.4. The summed E-state index contributed by atoms with van der Waals surface area (Å²) in [5, 5.41) is -0.0268. The maximum atomic E-state index is 12.0. The second kappa shape index (κ2) is 4.78. The van der Waals surface area contributed by atoms with Crippen LogP contribution in [-0.4, -0.2) is 21.6 Å². The fraction of sp³-hybridized carbons (Fsp3) is 0.154. The lowest BCUT2D eigenvalue weighted by molar-refractivity contribution is -0.115. The normalized spacial score (nSPS) is 19.2. The van der Waals surface area contributed by atoms with Crippen molar-refractivity contribution in [3.05, 3.63) is 54.4 Å². The lowest BCUT2D eigenvalue weighted by atomic mass is 10.2. The van der Waals surface area contributed by atoms with Gasteiger partial charge in [-0.2, -0.15) is 0 Å². The molecule has 0 aliphatic carbocycles. The predicted molar refractivity (Wildman–Crippen MR) is 71.2 cm³/mol. The zero-order valence-electron chi connectivity index (χ0n) is 9.56. The Bertz CT molecular complexity index is 547. The molecule has 2 heterocycles. The van der Waals surface area contributed by atoms with E-state index in [1.54, 1.807) is 35.1 Å². The van der Waals surface area contributed by atoms with Crippen molar-refractivity contribution in [1.82, 2.24) is 9.97 Å². The molecule has 0 spiro atoms. The maximum absolute atomic E-state index is 12.0. The molecular formula is C13H11N3OS. The molecule has 4 nitrogen and oxygen atoms in total. The molecule has 1 atom stereocenters. The Balaban J connectivity index is 1.98. The monoisotopic (exact) mass is 257 g/mol. The van der Waals surface area contributed by atoms with E-state index in [0.29, 0.717) is 11.7 Å². The minimum Gasteiger partial charge on any atom is -0.273 e. The molecule has 0 unspecified atom stereocenters. The van der Waals surface area contributed by atoms with Crippen LogP contribution in [0.15, 0.2) is 48.8 Å². The van der Waals surface area contributed by atoms with E-state index in [4.69, 9.17) is 0 Å². The largest absolute Gasteiger partial charge is 0.273 e. The molecule has 18 heavy (non-hydrogen) atoms. The number of nitrogens with zero attached hydrogens (tertiary/aromatic N) is 3. The van der Waals surface area contributed by atoms with Gasteiger partial charge in [0.25, 0.3) is 0 Å². The summed E-state index contributed by atoms with van der Waals surface area (Å²) in [4.78, 5) is 22.0. The van der Waals surface area contributed by atoms with Gasteiger partial charge in [0.05, 0.1) is 5.75 Å². The molecule has 5 heteroatoms. The van der Waals surface area contributed by atoms with Crippen molar-refractivity contribution in [3.8, 4) is 0 Å². The highest BCUT2D eigenvalue weighted by Gasteiger charge is 2.35. The first-order valence-electron chi connectivity index (χ1n) is 5.62. The minimum atomic E-state index is -0.0268. The number of anilines is 1. The third-order valence-corrected chi connectivity index (χ3v) is 3.93. The SMILES string of the molecule is O=C1CS[C@@H](c2ccccc2)N1c1ncccn1. The fourth-order valence-corrected chi connectivity index (χ4v) is 3.07. The Morgan fingerprint density at radius 2 is 1.83 bits per heavy atom. The number of thioether (sulfide) groups is 1. The standard InChI is InChI=1S/C13H11N3OS/c17-11-9-18-12(10-5-2-1-3-6-10)16(11)13-14-7-4-8-15-13/h1-8,12H,9H2/t12-/m0/s1. The second-order valence-electron chi connectivity index (χ2n) is 3.89. The van der Waals surface area contributed by atoms with Crippen LogP contribution in [0.3, 0.4) is 0 Å². The Labute approximate surface area is 109 Å². The van der Waals surface area contributed by atoms with Crippen molar-refractivity contribution in [3.63, 3.8) is 0 Å². The first-order valence-corrected chi connectivity index (χ1v) is 6.67. The van der Waals surface area contributed by atoms with Crippen molar-refractivity contribution >= 4 is 23.6 Å². The lowest BCUT2D eigenvalue weighted by Gasteiger charge is -2.21. The highest BCUT2D eigenvalue weighted by Crippen LogP contribution is 2.39. The van der Waals surface area contributed by atoms with Gasteiger partial charge in [-0.15, -0.1) is 11.8 Å². The molecular weight excluding hydrogens is 246 g/mol. The molecule has 0 N–H and O–H groups in total. The van der Waals surface area contributed by atoms with E-state index in [9.17, 15) is 4.79 Å². The van der Waals surface area contributed by atoms with Gasteiger partial charge in [-0.3, -0.25) is 9.69 Å². The summed E-state index contributed by atoms with van der Waals surface area (Å²) in [6, 6.07) is 11.7. The van der Waals surface area contributed by atoms with Gasteiger partial charge in [0, 0.05) is 12.4 Å². The van der Waals surface area contributed by atoms with E-state index in [1.807, 2.05) is 30.3 Å². The van der Waals surface area contributed by atoms with Gasteiger partial charge in [0.15, 0.2) is 0 Å². The topological polar surface area (TPSA) is 46.1 Å². The van der Waals surface area contributed by atoms with Crippen LogP contribution in [-0.2, 0) is 4.79 Å². The van der Waals surface area contributed by atoms with Crippen LogP contribution >= 0.6 is 11.8 Å². The van der Waals surface area contributed by atoms with Crippen molar-refractivity contribution in [1.29, 1.82) is 0 Å². The van der Waals surface area contributed by atoms with E-state index >= 15 is 0 Å². The summed E-state index contributed by atoms with van der Waals surface area (Å²) < 4.78 is 0. The number of benzene rings is 1. The van der Waals surface area contributed by atoms with Crippen LogP contribution in [0.1, 0.15) is 10.9 Å². The Morgan fingerprint density at radius 1 is 1.11 bits per heavy atom. The number of aromatic nitrogens is 2. The smallest absolute Gasteiger partial charge is 0.240 e. The molecule has 1 aliphatic heterocycles. The van der Waals surface area contributed by atoms with Crippen molar-refractivity contribution in [2.45, 2.75) is 5.37 Å². The highest BCUT2D eigenvalue weighted by atomic mass is 32.2. The minimum absolute atomic E-state index is 0.0268. The van der Waals surface area contributed by atoms with Crippen LogP contribution in [0.5, 0.6) is 0 Å². The van der Waals surface area contributed by atoms with Gasteiger partial charge in [-0.25, -0.2) is 9.97 Å². The fourth-order valence-electron chi connectivity index (χ4n) is 1.92. The number of rotatable bonds is 2. The summed E-state index contributed by atoms with van der Waals surface area (Å²) in [5.41, 5.74) is 1.10. The van der Waals surface area contributed by atoms with Crippen molar-refractivity contribution < 1.29 is 4.79 Å². The molecule has 2 aromatic rings. The number of carbonyl (C=O) groups is 1. The van der Waals surface area contributed by atoms with E-state index < -0.39 is 0 Å². The molecule has 3 rings (SSSR count). The van der Waals surface area contributed by atoms with E-state index in [-0.39, 0.29) is 11.3 Å². The van der Waals surface area contributed by atoms with Crippen LogP contribution in [0.2, 0.25) is 0 Å². The average Bonchev–Trinajstić information content (AvgIpc) is 2.83. The third kappa shape index (κ3) is 1.97. The van der Waals surface area contributed by atoms with Gasteiger partial charge < -0.3 is 0 Å². The summed E-state index contributed by atoms with van der Waals surface area (Å²) in [6.07, 6.45) is 3.31. The number of hydrogen-bond donors (Lipinski definition) is 0. The van der Waals surface area contributed by atoms with Crippen LogP contribution < -0.4 is 4.90 Å². The highest BCUT2D eigenvalue weighted by molar-refractivity contribution is 8.00. The van der Waals surface area contributed by atoms with E-state index in [2.05, 4.69) is 9.97 Å². The molecule has 1 saturated heterocycles. The second-order valence-corrected chi connectivity index (χ2v) is 4.96. The predicted octanol–water partition coefficient (Wildman–Crippen LogP) is 2.26. The Kier molecular flexibility index (Phi) is 2.98. The molecule has 1 aromatic carbocycles. The summed E-state index contributed by atoms with van der Waals surface area (Å²) in [6.45, 7) is 0. The van der Waals surface area contributed by atoms with Gasteiger partial charge in [0.1, 0.15) is 5.37 Å². The number of amides is 1. The van der Waals surface area contributed by atoms with Crippen LogP contribution in [0.25, 0.3) is 0 Å². The molecule has 0 saturated carbocycles. The molecule has 0 bridgehead atoms. The molecule has 1 amide bonds. The summed E-state index contributed by atoms with van der Waals surface area (Å²) >= 11 is 1.60. The molecule has 1 aliphatic rings. The lowest BCUT2D eigenvalue weighted by Crippen LogP contribution is -2.29. The maximum Gasteiger partial charge on any atom is 0.240 e. The number of carbonyl (C=O) groups excluding carboxylic acids is 1. The van der Waals surface area contributed by atoms with Crippen molar-refractivity contribution in [2.75, 3.05) is 10.7 Å².